The van der Waals surface area contributed by atoms with E-state index in [1.807, 2.05) is 13.1 Å². The average molecular weight is 255 g/mol. The van der Waals surface area contributed by atoms with Gasteiger partial charge in [-0.25, -0.2) is 0 Å². The molecule has 1 N–H and O–H groups in total. The summed E-state index contributed by atoms with van der Waals surface area (Å²) in [7, 11) is 3.77. The van der Waals surface area contributed by atoms with Gasteiger partial charge in [-0.3, -0.25) is 0 Å². The van der Waals surface area contributed by atoms with E-state index in [0.29, 0.717) is 6.04 Å². The highest BCUT2D eigenvalue weighted by Gasteiger charge is 2.22. The van der Waals surface area contributed by atoms with Crippen molar-refractivity contribution in [3.63, 3.8) is 0 Å². The number of nitrogens with one attached hydrogen (secondary N) is 1. The molecule has 96 valence electrons. The molecule has 0 radical (unpaired) electrons. The largest absolute Gasteiger partial charge is 0.496 e. The van der Waals surface area contributed by atoms with Crippen molar-refractivity contribution in [1.82, 2.24) is 5.32 Å². The first-order valence-corrected chi connectivity index (χ1v) is 7.09. The maximum Gasteiger partial charge on any atom is 0.134 e. The normalized spacial score (nSPS) is 19.2. The van der Waals surface area contributed by atoms with Gasteiger partial charge in [-0.05, 0) is 43.7 Å². The summed E-state index contributed by atoms with van der Waals surface area (Å²) in [6.45, 7) is 1.84. The SMILES string of the molecule is CNC(CC1CCOCC1)c1sccc1OC. The van der Waals surface area contributed by atoms with Gasteiger partial charge in [-0.15, -0.1) is 11.3 Å². The van der Waals surface area contributed by atoms with Crippen molar-refractivity contribution < 1.29 is 9.47 Å². The Labute approximate surface area is 107 Å². The van der Waals surface area contributed by atoms with Crippen molar-refractivity contribution in [2.45, 2.75) is 25.3 Å². The van der Waals surface area contributed by atoms with Gasteiger partial charge in [0.15, 0.2) is 0 Å². The molecular formula is C13H21NO2S. The van der Waals surface area contributed by atoms with Crippen LogP contribution < -0.4 is 10.1 Å². The number of hydrogen-bond acceptors (Lipinski definition) is 4. The highest BCUT2D eigenvalue weighted by atomic mass is 32.1. The lowest BCUT2D eigenvalue weighted by Crippen LogP contribution is -2.23. The van der Waals surface area contributed by atoms with Gasteiger partial charge in [0.05, 0.1) is 12.0 Å². The first-order chi connectivity index (χ1) is 8.35. The van der Waals surface area contributed by atoms with Crippen LogP contribution >= 0.6 is 11.3 Å². The van der Waals surface area contributed by atoms with Gasteiger partial charge in [-0.1, -0.05) is 0 Å². The molecule has 0 aromatic carbocycles. The van der Waals surface area contributed by atoms with Crippen LogP contribution in [-0.2, 0) is 4.74 Å². The van der Waals surface area contributed by atoms with Crippen LogP contribution in [0, 0.1) is 5.92 Å². The Balaban J connectivity index is 2.00. The third kappa shape index (κ3) is 3.21. The second-order valence-electron chi connectivity index (χ2n) is 4.49. The van der Waals surface area contributed by atoms with Crippen LogP contribution in [0.1, 0.15) is 30.2 Å². The summed E-state index contributed by atoms with van der Waals surface area (Å²) in [5, 5.41) is 5.52. The van der Waals surface area contributed by atoms with E-state index in [-0.39, 0.29) is 0 Å². The number of thiophene rings is 1. The van der Waals surface area contributed by atoms with Crippen molar-refractivity contribution in [2.75, 3.05) is 27.4 Å². The molecule has 2 rings (SSSR count). The van der Waals surface area contributed by atoms with E-state index < -0.39 is 0 Å². The first-order valence-electron chi connectivity index (χ1n) is 6.21. The highest BCUT2D eigenvalue weighted by Crippen LogP contribution is 2.35. The topological polar surface area (TPSA) is 30.5 Å². The first kappa shape index (κ1) is 12.9. The van der Waals surface area contributed by atoms with E-state index in [2.05, 4.69) is 10.7 Å². The molecule has 0 amide bonds. The Morgan fingerprint density at radius 1 is 1.53 bits per heavy atom. The van der Waals surface area contributed by atoms with Gasteiger partial charge in [-0.2, -0.15) is 0 Å². The zero-order chi connectivity index (χ0) is 12.1. The lowest BCUT2D eigenvalue weighted by atomic mass is 9.92. The smallest absolute Gasteiger partial charge is 0.134 e. The van der Waals surface area contributed by atoms with E-state index in [0.717, 1.165) is 24.9 Å². The molecule has 1 fully saturated rings. The summed E-state index contributed by atoms with van der Waals surface area (Å²) in [6.07, 6.45) is 3.55. The van der Waals surface area contributed by atoms with Crippen LogP contribution in [0.5, 0.6) is 5.75 Å². The molecule has 1 atom stereocenters. The Kier molecular flexibility index (Phi) is 4.83. The Morgan fingerprint density at radius 3 is 2.94 bits per heavy atom. The fourth-order valence-corrected chi connectivity index (χ4v) is 3.39. The average Bonchev–Trinajstić information content (AvgIpc) is 2.85. The van der Waals surface area contributed by atoms with E-state index in [4.69, 9.17) is 9.47 Å². The molecule has 17 heavy (non-hydrogen) atoms. The lowest BCUT2D eigenvalue weighted by Gasteiger charge is -2.26. The molecule has 1 unspecified atom stereocenters. The van der Waals surface area contributed by atoms with E-state index in [1.165, 1.54) is 24.1 Å². The van der Waals surface area contributed by atoms with Gasteiger partial charge in [0.2, 0.25) is 0 Å². The number of ether oxygens (including phenoxy) is 2. The molecular weight excluding hydrogens is 234 g/mol. The lowest BCUT2D eigenvalue weighted by molar-refractivity contribution is 0.0608. The molecule has 1 aliphatic rings. The fourth-order valence-electron chi connectivity index (χ4n) is 2.40. The summed E-state index contributed by atoms with van der Waals surface area (Å²) in [5.74, 6) is 1.79. The predicted octanol–water partition coefficient (Wildman–Crippen LogP) is 2.83. The summed E-state index contributed by atoms with van der Waals surface area (Å²) >= 11 is 1.78. The second kappa shape index (κ2) is 6.38. The molecule has 0 bridgehead atoms. The molecule has 0 aliphatic carbocycles. The molecule has 0 saturated carbocycles. The van der Waals surface area contributed by atoms with Crippen LogP contribution in [0.15, 0.2) is 11.4 Å². The van der Waals surface area contributed by atoms with Gasteiger partial charge in [0, 0.05) is 19.3 Å². The molecule has 2 heterocycles. The minimum Gasteiger partial charge on any atom is -0.496 e. The minimum absolute atomic E-state index is 0.410. The Morgan fingerprint density at radius 2 is 2.29 bits per heavy atom. The van der Waals surface area contributed by atoms with Crippen molar-refractivity contribution in [3.05, 3.63) is 16.3 Å². The molecule has 1 aromatic heterocycles. The molecule has 1 saturated heterocycles. The van der Waals surface area contributed by atoms with Crippen LogP contribution in [0.4, 0.5) is 0 Å². The standard InChI is InChI=1S/C13H21NO2S/c1-14-11(9-10-3-6-16-7-4-10)13-12(15-2)5-8-17-13/h5,8,10-11,14H,3-4,6-7,9H2,1-2H3. The molecule has 1 aromatic rings. The summed E-state index contributed by atoms with van der Waals surface area (Å²) < 4.78 is 10.8. The van der Waals surface area contributed by atoms with Crippen molar-refractivity contribution >= 4 is 11.3 Å². The van der Waals surface area contributed by atoms with Gasteiger partial charge in [0.25, 0.3) is 0 Å². The fraction of sp³-hybridized carbons (Fsp3) is 0.692. The molecule has 0 spiro atoms. The van der Waals surface area contributed by atoms with Crippen LogP contribution in [0.2, 0.25) is 0 Å². The van der Waals surface area contributed by atoms with Crippen molar-refractivity contribution in [2.24, 2.45) is 5.92 Å². The Bertz CT molecular complexity index is 334. The third-order valence-electron chi connectivity index (χ3n) is 3.45. The van der Waals surface area contributed by atoms with E-state index >= 15 is 0 Å². The number of rotatable bonds is 5. The van der Waals surface area contributed by atoms with Gasteiger partial charge >= 0.3 is 0 Å². The van der Waals surface area contributed by atoms with Gasteiger partial charge < -0.3 is 14.8 Å². The third-order valence-corrected chi connectivity index (χ3v) is 4.46. The second-order valence-corrected chi connectivity index (χ2v) is 5.43. The maximum absolute atomic E-state index is 5.41. The minimum atomic E-state index is 0.410. The van der Waals surface area contributed by atoms with Crippen molar-refractivity contribution in [1.29, 1.82) is 0 Å². The number of methoxy groups -OCH3 is 1. The molecule has 1 aliphatic heterocycles. The van der Waals surface area contributed by atoms with Crippen molar-refractivity contribution in [3.8, 4) is 5.75 Å². The highest BCUT2D eigenvalue weighted by molar-refractivity contribution is 7.10. The quantitative estimate of drug-likeness (QED) is 0.877. The maximum atomic E-state index is 5.41. The van der Waals surface area contributed by atoms with Crippen LogP contribution in [0.3, 0.4) is 0 Å². The summed E-state index contributed by atoms with van der Waals surface area (Å²) in [5.41, 5.74) is 0. The Hall–Kier alpha value is -0.580. The number of hydrogen-bond donors (Lipinski definition) is 1. The van der Waals surface area contributed by atoms with Gasteiger partial charge in [0.1, 0.15) is 5.75 Å². The summed E-state index contributed by atoms with van der Waals surface area (Å²) in [4.78, 5) is 1.32. The zero-order valence-electron chi connectivity index (χ0n) is 10.6. The predicted molar refractivity (Wildman–Crippen MR) is 70.8 cm³/mol. The van der Waals surface area contributed by atoms with E-state index in [9.17, 15) is 0 Å². The molecule has 3 nitrogen and oxygen atoms in total. The molecule has 4 heteroatoms. The van der Waals surface area contributed by atoms with Crippen LogP contribution in [-0.4, -0.2) is 27.4 Å². The van der Waals surface area contributed by atoms with E-state index in [1.54, 1.807) is 18.4 Å². The monoisotopic (exact) mass is 255 g/mol. The van der Waals surface area contributed by atoms with Crippen LogP contribution in [0.25, 0.3) is 0 Å². The zero-order valence-corrected chi connectivity index (χ0v) is 11.4. The summed E-state index contributed by atoms with van der Waals surface area (Å²) in [6, 6.07) is 2.46.